The Bertz CT molecular complexity index is 1920. The highest BCUT2D eigenvalue weighted by Gasteiger charge is 2.32. The van der Waals surface area contributed by atoms with Crippen LogP contribution in [0, 0.1) is 0 Å². The molecule has 1 aliphatic rings. The molecule has 6 heteroatoms. The summed E-state index contributed by atoms with van der Waals surface area (Å²) < 4.78 is 0. The van der Waals surface area contributed by atoms with Crippen molar-refractivity contribution < 1.29 is 0 Å². The van der Waals surface area contributed by atoms with Gasteiger partial charge in [-0.1, -0.05) is 80.7 Å². The molecule has 0 radical (unpaired) electrons. The second-order valence-electron chi connectivity index (χ2n) is 11.4. The third kappa shape index (κ3) is 5.21. The molecular weight excluding hydrogens is 528 g/mol. The normalized spacial score (nSPS) is 15.7. The second kappa shape index (κ2) is 11.3. The summed E-state index contributed by atoms with van der Waals surface area (Å²) in [5.41, 5.74) is 9.79. The number of aromatic nitrogens is 4. The van der Waals surface area contributed by atoms with Gasteiger partial charge in [0, 0.05) is 23.5 Å². The maximum absolute atomic E-state index is 5.07. The molecule has 214 valence electrons. The van der Waals surface area contributed by atoms with Crippen LogP contribution in [0.3, 0.4) is 0 Å². The number of allylic oxidation sites excluding steroid dienone is 1. The maximum Gasteiger partial charge on any atom is 0.130 e. The number of hydrogen-bond donors (Lipinski definition) is 3. The number of hydrogen-bond acceptors (Lipinski definition) is 4. The summed E-state index contributed by atoms with van der Waals surface area (Å²) in [6, 6.07) is 30.3. The summed E-state index contributed by atoms with van der Waals surface area (Å²) in [5.74, 6) is 0.997. The van der Waals surface area contributed by atoms with Gasteiger partial charge in [0.15, 0.2) is 0 Å². The first-order chi connectivity index (χ1) is 21.1. The van der Waals surface area contributed by atoms with Gasteiger partial charge in [0.05, 0.1) is 41.3 Å². The Morgan fingerprint density at radius 1 is 0.953 bits per heavy atom. The highest BCUT2D eigenvalue weighted by Crippen LogP contribution is 2.39. The molecule has 3 heterocycles. The molecule has 0 bridgehead atoms. The van der Waals surface area contributed by atoms with Crippen molar-refractivity contribution in [2.24, 2.45) is 0 Å². The predicted octanol–water partition coefficient (Wildman–Crippen LogP) is 8.68. The summed E-state index contributed by atoms with van der Waals surface area (Å²) in [6.07, 6.45) is 6.57. The fourth-order valence-corrected chi connectivity index (χ4v) is 6.24. The Balaban J connectivity index is 1.16. The van der Waals surface area contributed by atoms with Crippen molar-refractivity contribution in [3.05, 3.63) is 133 Å². The molecule has 0 spiro atoms. The summed E-state index contributed by atoms with van der Waals surface area (Å²) in [7, 11) is 0. The Morgan fingerprint density at radius 3 is 2.47 bits per heavy atom. The van der Waals surface area contributed by atoms with Gasteiger partial charge in [-0.25, -0.2) is 9.97 Å². The quantitative estimate of drug-likeness (QED) is 0.164. The fraction of sp³-hybridized carbons (Fsp3) is 0.189. The SMILES string of the molecule is C=C(CC)NC(C(=C)N1CCC[C@H]1c1nc2ccc(-c3ccc4cc(-c5cnc[nH]5)ccc4c3)cc2[nH]1)c1ccccc1. The van der Waals surface area contributed by atoms with Crippen molar-refractivity contribution in [2.45, 2.75) is 38.3 Å². The van der Waals surface area contributed by atoms with Crippen LogP contribution >= 0.6 is 0 Å². The number of likely N-dealkylation sites (tertiary alicyclic amines) is 1. The van der Waals surface area contributed by atoms with Gasteiger partial charge in [0.25, 0.3) is 0 Å². The van der Waals surface area contributed by atoms with E-state index in [1.165, 1.54) is 27.5 Å². The zero-order valence-electron chi connectivity index (χ0n) is 24.5. The van der Waals surface area contributed by atoms with Crippen molar-refractivity contribution in [3.8, 4) is 22.4 Å². The van der Waals surface area contributed by atoms with Gasteiger partial charge < -0.3 is 20.2 Å². The van der Waals surface area contributed by atoms with Gasteiger partial charge in [0.1, 0.15) is 5.82 Å². The van der Waals surface area contributed by atoms with Crippen molar-refractivity contribution in [3.63, 3.8) is 0 Å². The molecule has 1 fully saturated rings. The van der Waals surface area contributed by atoms with E-state index >= 15 is 0 Å². The van der Waals surface area contributed by atoms with Crippen LogP contribution in [0.2, 0.25) is 0 Å². The third-order valence-corrected chi connectivity index (χ3v) is 8.66. The first-order valence-electron chi connectivity index (χ1n) is 15.0. The molecule has 0 saturated carbocycles. The molecule has 1 aliphatic heterocycles. The van der Waals surface area contributed by atoms with E-state index in [0.717, 1.165) is 65.3 Å². The average molecular weight is 565 g/mol. The highest BCUT2D eigenvalue weighted by molar-refractivity contribution is 5.91. The summed E-state index contributed by atoms with van der Waals surface area (Å²) in [6.45, 7) is 11.9. The topological polar surface area (TPSA) is 72.6 Å². The largest absolute Gasteiger partial charge is 0.377 e. The third-order valence-electron chi connectivity index (χ3n) is 8.66. The smallest absolute Gasteiger partial charge is 0.130 e. The van der Waals surface area contributed by atoms with Gasteiger partial charge in [-0.3, -0.25) is 0 Å². The van der Waals surface area contributed by atoms with Crippen LogP contribution in [0.1, 0.15) is 49.7 Å². The molecular formula is C37H36N6. The first-order valence-corrected chi connectivity index (χ1v) is 15.0. The molecule has 6 aromatic rings. The predicted molar refractivity (Wildman–Crippen MR) is 176 cm³/mol. The molecule has 0 amide bonds. The van der Waals surface area contributed by atoms with Crippen LogP contribution in [-0.2, 0) is 0 Å². The number of rotatable bonds is 9. The highest BCUT2D eigenvalue weighted by atomic mass is 15.2. The molecule has 1 unspecified atom stereocenters. The Labute approximate surface area is 252 Å². The second-order valence-corrected chi connectivity index (χ2v) is 11.4. The molecule has 43 heavy (non-hydrogen) atoms. The van der Waals surface area contributed by atoms with E-state index in [-0.39, 0.29) is 12.1 Å². The summed E-state index contributed by atoms with van der Waals surface area (Å²) >= 11 is 0. The molecule has 4 aromatic carbocycles. The molecule has 2 atom stereocenters. The number of nitrogens with zero attached hydrogens (tertiary/aromatic N) is 3. The van der Waals surface area contributed by atoms with Crippen molar-refractivity contribution in [1.29, 1.82) is 0 Å². The van der Waals surface area contributed by atoms with E-state index in [4.69, 9.17) is 4.98 Å². The van der Waals surface area contributed by atoms with Crippen LogP contribution in [0.15, 0.2) is 122 Å². The van der Waals surface area contributed by atoms with Gasteiger partial charge in [-0.2, -0.15) is 0 Å². The van der Waals surface area contributed by atoms with E-state index in [9.17, 15) is 0 Å². The minimum atomic E-state index is -0.0336. The zero-order valence-corrected chi connectivity index (χ0v) is 24.5. The standard InChI is InChI=1S/C37H36N6/c1-4-24(2)40-36(26-9-6-5-7-10-26)25(3)43-18-8-11-35(43)37-41-32-17-16-30(21-33(32)42-37)28-12-13-29-20-31(15-14-27(29)19-28)34-22-38-23-39-34/h5-7,9-10,12-17,19-23,35-36,40H,2-4,8,11,18H2,1H3,(H,38,39)(H,41,42)/t35-,36?/m0/s1. The first kappa shape index (κ1) is 26.8. The lowest BCUT2D eigenvalue weighted by atomic mass is 9.99. The van der Waals surface area contributed by atoms with Crippen LogP contribution < -0.4 is 5.32 Å². The molecule has 6 nitrogen and oxygen atoms in total. The number of fused-ring (bicyclic) bond motifs is 2. The molecule has 0 aliphatic carbocycles. The number of H-pyrrole nitrogens is 2. The lowest BCUT2D eigenvalue weighted by Gasteiger charge is -2.34. The minimum absolute atomic E-state index is 0.0336. The number of nitrogens with one attached hydrogen (secondary N) is 3. The summed E-state index contributed by atoms with van der Waals surface area (Å²) in [5, 5.41) is 6.04. The Hall–Kier alpha value is -5.10. The molecule has 7 rings (SSSR count). The Kier molecular flexibility index (Phi) is 7.03. The maximum atomic E-state index is 5.07. The van der Waals surface area contributed by atoms with E-state index in [0.29, 0.717) is 0 Å². The molecule has 3 N–H and O–H groups in total. The minimum Gasteiger partial charge on any atom is -0.377 e. The lowest BCUT2D eigenvalue weighted by molar-refractivity contribution is 0.290. The zero-order chi connectivity index (χ0) is 29.3. The van der Waals surface area contributed by atoms with Crippen LogP contribution in [0.25, 0.3) is 44.2 Å². The van der Waals surface area contributed by atoms with Crippen LogP contribution in [0.4, 0.5) is 0 Å². The van der Waals surface area contributed by atoms with E-state index in [2.05, 4.69) is 130 Å². The van der Waals surface area contributed by atoms with E-state index in [1.54, 1.807) is 6.33 Å². The molecule has 1 saturated heterocycles. The lowest BCUT2D eigenvalue weighted by Crippen LogP contribution is -2.32. The Morgan fingerprint density at radius 2 is 1.70 bits per heavy atom. The van der Waals surface area contributed by atoms with Crippen LogP contribution in [-0.4, -0.2) is 31.4 Å². The van der Waals surface area contributed by atoms with Gasteiger partial charge in [-0.05, 0) is 71.0 Å². The number of imidazole rings is 2. The summed E-state index contributed by atoms with van der Waals surface area (Å²) in [4.78, 5) is 18.5. The average Bonchev–Trinajstić information content (AvgIpc) is 3.84. The number of aromatic amines is 2. The fourth-order valence-electron chi connectivity index (χ4n) is 6.24. The van der Waals surface area contributed by atoms with E-state index < -0.39 is 0 Å². The van der Waals surface area contributed by atoms with Crippen molar-refractivity contribution in [1.82, 2.24) is 30.2 Å². The van der Waals surface area contributed by atoms with Crippen molar-refractivity contribution in [2.75, 3.05) is 6.54 Å². The van der Waals surface area contributed by atoms with Crippen molar-refractivity contribution >= 4 is 21.8 Å². The monoisotopic (exact) mass is 564 g/mol. The van der Waals surface area contributed by atoms with Gasteiger partial charge in [-0.15, -0.1) is 0 Å². The molecule has 2 aromatic heterocycles. The van der Waals surface area contributed by atoms with Crippen LogP contribution in [0.5, 0.6) is 0 Å². The van der Waals surface area contributed by atoms with Gasteiger partial charge in [0.2, 0.25) is 0 Å². The van der Waals surface area contributed by atoms with Gasteiger partial charge >= 0.3 is 0 Å². The van der Waals surface area contributed by atoms with E-state index in [1.807, 2.05) is 6.20 Å². The number of benzene rings is 4.